The van der Waals surface area contributed by atoms with Gasteiger partial charge in [0.25, 0.3) is 0 Å². The van der Waals surface area contributed by atoms with Crippen LogP contribution < -0.4 is 5.73 Å². The quantitative estimate of drug-likeness (QED) is 0.697. The van der Waals surface area contributed by atoms with Crippen molar-refractivity contribution in [3.8, 4) is 11.1 Å². The van der Waals surface area contributed by atoms with E-state index in [1.807, 2.05) is 31.2 Å². The minimum Gasteiger partial charge on any atom is -0.469 e. The number of aryl methyl sites for hydroxylation is 1. The molecule has 0 atom stereocenters. The van der Waals surface area contributed by atoms with Crippen molar-refractivity contribution in [2.24, 2.45) is 0 Å². The molecule has 0 aliphatic rings. The molecule has 1 heterocycles. The Balaban J connectivity index is 2.56. The number of hydrogen-bond donors (Lipinski definition) is 1. The molecule has 104 valence electrons. The zero-order chi connectivity index (χ0) is 14.7. The number of halogens is 1. The van der Waals surface area contributed by atoms with Gasteiger partial charge < -0.3 is 10.5 Å². The molecule has 1 aromatic carbocycles. The van der Waals surface area contributed by atoms with Gasteiger partial charge in [-0.3, -0.25) is 4.79 Å². The topological polar surface area (TPSA) is 65.2 Å². The molecule has 4 nitrogen and oxygen atoms in total. The number of nitrogens with two attached hydrogens (primary N) is 1. The van der Waals surface area contributed by atoms with Crippen molar-refractivity contribution in [3.05, 3.63) is 46.7 Å². The van der Waals surface area contributed by atoms with Crippen molar-refractivity contribution in [1.29, 1.82) is 0 Å². The fraction of sp³-hybridized carbons (Fsp3) is 0.200. The molecule has 0 fully saturated rings. The van der Waals surface area contributed by atoms with Gasteiger partial charge in [-0.2, -0.15) is 0 Å². The van der Waals surface area contributed by atoms with Crippen molar-refractivity contribution in [1.82, 2.24) is 4.98 Å². The van der Waals surface area contributed by atoms with Crippen LogP contribution in [-0.4, -0.2) is 18.1 Å². The Morgan fingerprint density at radius 2 is 2.10 bits per heavy atom. The second-order valence-electron chi connectivity index (χ2n) is 4.43. The van der Waals surface area contributed by atoms with Crippen LogP contribution in [0.4, 0.5) is 5.69 Å². The Bertz CT molecular complexity index is 633. The fourth-order valence-corrected chi connectivity index (χ4v) is 2.42. The van der Waals surface area contributed by atoms with Gasteiger partial charge >= 0.3 is 5.97 Å². The van der Waals surface area contributed by atoms with Crippen LogP contribution in [0.3, 0.4) is 0 Å². The zero-order valence-corrected chi connectivity index (χ0v) is 12.1. The molecule has 0 saturated carbocycles. The van der Waals surface area contributed by atoms with Gasteiger partial charge in [-0.1, -0.05) is 35.9 Å². The van der Waals surface area contributed by atoms with Crippen LogP contribution in [-0.2, 0) is 16.0 Å². The van der Waals surface area contributed by atoms with E-state index in [0.29, 0.717) is 16.4 Å². The maximum Gasteiger partial charge on any atom is 0.309 e. The second-order valence-corrected chi connectivity index (χ2v) is 4.79. The third-order valence-corrected chi connectivity index (χ3v) is 3.26. The van der Waals surface area contributed by atoms with Crippen LogP contribution in [0.1, 0.15) is 11.3 Å². The molecule has 2 rings (SSSR count). The fourth-order valence-electron chi connectivity index (χ4n) is 2.07. The summed E-state index contributed by atoms with van der Waals surface area (Å²) < 4.78 is 4.71. The van der Waals surface area contributed by atoms with Crippen LogP contribution in [0.25, 0.3) is 11.1 Å². The number of benzene rings is 1. The Kier molecular flexibility index (Phi) is 4.25. The number of methoxy groups -OCH3 is 1. The minimum atomic E-state index is -0.313. The predicted molar refractivity (Wildman–Crippen MR) is 79.6 cm³/mol. The molecule has 0 unspecified atom stereocenters. The molecule has 20 heavy (non-hydrogen) atoms. The smallest absolute Gasteiger partial charge is 0.309 e. The molecule has 0 aliphatic heterocycles. The molecule has 1 aromatic heterocycles. The standard InChI is InChI=1S/C15H15ClN2O2/c1-9-7-12(17)14(15(16)18-9)11-6-4-3-5-10(11)8-13(19)20-2/h3-7H,8H2,1-2H3,(H2,17,18). The van der Waals surface area contributed by atoms with E-state index < -0.39 is 0 Å². The number of nitrogens with zero attached hydrogens (tertiary/aromatic N) is 1. The number of ether oxygens (including phenoxy) is 1. The summed E-state index contributed by atoms with van der Waals surface area (Å²) in [4.78, 5) is 15.7. The predicted octanol–water partition coefficient (Wildman–Crippen LogP) is 3.01. The Hall–Kier alpha value is -2.07. The Labute approximate surface area is 122 Å². The molecule has 0 spiro atoms. The third kappa shape index (κ3) is 2.91. The van der Waals surface area contributed by atoms with Crippen molar-refractivity contribution < 1.29 is 9.53 Å². The lowest BCUT2D eigenvalue weighted by atomic mass is 9.97. The number of esters is 1. The first-order valence-corrected chi connectivity index (χ1v) is 6.48. The van der Waals surface area contributed by atoms with E-state index in [1.54, 1.807) is 6.07 Å². The van der Waals surface area contributed by atoms with Crippen LogP contribution in [0.15, 0.2) is 30.3 Å². The molecule has 0 bridgehead atoms. The van der Waals surface area contributed by atoms with Crippen LogP contribution in [0.2, 0.25) is 5.15 Å². The highest BCUT2D eigenvalue weighted by atomic mass is 35.5. The summed E-state index contributed by atoms with van der Waals surface area (Å²) in [6.45, 7) is 1.83. The van der Waals surface area contributed by atoms with E-state index in [0.717, 1.165) is 16.8 Å². The largest absolute Gasteiger partial charge is 0.469 e. The second kappa shape index (κ2) is 5.92. The number of rotatable bonds is 3. The van der Waals surface area contributed by atoms with Crippen molar-refractivity contribution in [2.45, 2.75) is 13.3 Å². The van der Waals surface area contributed by atoms with E-state index in [-0.39, 0.29) is 12.4 Å². The van der Waals surface area contributed by atoms with Gasteiger partial charge in [-0.25, -0.2) is 4.98 Å². The van der Waals surface area contributed by atoms with Crippen molar-refractivity contribution >= 4 is 23.3 Å². The van der Waals surface area contributed by atoms with E-state index >= 15 is 0 Å². The summed E-state index contributed by atoms with van der Waals surface area (Å²) in [5.74, 6) is -0.313. The maximum atomic E-state index is 11.5. The van der Waals surface area contributed by atoms with Crippen molar-refractivity contribution in [3.63, 3.8) is 0 Å². The number of aromatic nitrogens is 1. The lowest BCUT2D eigenvalue weighted by Gasteiger charge is -2.13. The first-order chi connectivity index (χ1) is 9.52. The van der Waals surface area contributed by atoms with E-state index in [1.165, 1.54) is 7.11 Å². The van der Waals surface area contributed by atoms with Crippen molar-refractivity contribution in [2.75, 3.05) is 12.8 Å². The molecule has 2 aromatic rings. The Morgan fingerprint density at radius 3 is 2.75 bits per heavy atom. The number of carbonyl (C=O) groups excluding carboxylic acids is 1. The maximum absolute atomic E-state index is 11.5. The van der Waals surface area contributed by atoms with Crippen LogP contribution in [0, 0.1) is 6.92 Å². The lowest BCUT2D eigenvalue weighted by Crippen LogP contribution is -2.06. The first-order valence-electron chi connectivity index (χ1n) is 6.10. The SMILES string of the molecule is COC(=O)Cc1ccccc1-c1c(N)cc(C)nc1Cl. The molecular weight excluding hydrogens is 276 g/mol. The highest BCUT2D eigenvalue weighted by molar-refractivity contribution is 6.32. The average molecular weight is 291 g/mol. The normalized spacial score (nSPS) is 10.3. The lowest BCUT2D eigenvalue weighted by molar-refractivity contribution is -0.139. The number of hydrogen-bond acceptors (Lipinski definition) is 4. The average Bonchev–Trinajstić information content (AvgIpc) is 2.39. The molecule has 0 amide bonds. The monoisotopic (exact) mass is 290 g/mol. The van der Waals surface area contributed by atoms with Gasteiger partial charge in [0.1, 0.15) is 5.15 Å². The van der Waals surface area contributed by atoms with E-state index in [4.69, 9.17) is 22.1 Å². The van der Waals surface area contributed by atoms with Gasteiger partial charge in [0.05, 0.1) is 13.5 Å². The molecule has 0 aliphatic carbocycles. The first kappa shape index (κ1) is 14.3. The highest BCUT2D eigenvalue weighted by Crippen LogP contribution is 2.34. The molecule has 0 radical (unpaired) electrons. The number of nitrogen functional groups attached to an aromatic ring is 1. The summed E-state index contributed by atoms with van der Waals surface area (Å²) in [6.07, 6.45) is 0.163. The van der Waals surface area contributed by atoms with Crippen LogP contribution in [0.5, 0.6) is 0 Å². The van der Waals surface area contributed by atoms with E-state index in [2.05, 4.69) is 4.98 Å². The molecule has 5 heteroatoms. The summed E-state index contributed by atoms with van der Waals surface area (Å²) in [5, 5.41) is 0.333. The van der Waals surface area contributed by atoms with Gasteiger partial charge in [0, 0.05) is 16.9 Å². The molecular formula is C15H15ClN2O2. The van der Waals surface area contributed by atoms with Gasteiger partial charge in [0.15, 0.2) is 0 Å². The number of pyridine rings is 1. The number of anilines is 1. The number of carbonyl (C=O) groups is 1. The Morgan fingerprint density at radius 1 is 1.40 bits per heavy atom. The summed E-state index contributed by atoms with van der Waals surface area (Å²) in [6, 6.07) is 9.20. The van der Waals surface area contributed by atoms with Gasteiger partial charge in [-0.15, -0.1) is 0 Å². The summed E-state index contributed by atoms with van der Waals surface area (Å²) in [7, 11) is 1.36. The zero-order valence-electron chi connectivity index (χ0n) is 11.3. The summed E-state index contributed by atoms with van der Waals surface area (Å²) >= 11 is 6.20. The minimum absolute atomic E-state index is 0.163. The third-order valence-electron chi connectivity index (χ3n) is 2.98. The molecule has 0 saturated heterocycles. The van der Waals surface area contributed by atoms with Gasteiger partial charge in [-0.05, 0) is 24.1 Å². The van der Waals surface area contributed by atoms with Gasteiger partial charge in [0.2, 0.25) is 0 Å². The van der Waals surface area contributed by atoms with Crippen LogP contribution >= 0.6 is 11.6 Å². The molecule has 2 N–H and O–H groups in total. The summed E-state index contributed by atoms with van der Waals surface area (Å²) in [5.41, 5.74) is 9.59. The van der Waals surface area contributed by atoms with E-state index in [9.17, 15) is 4.79 Å². The highest BCUT2D eigenvalue weighted by Gasteiger charge is 2.15.